The molecule has 0 saturated carbocycles. The summed E-state index contributed by atoms with van der Waals surface area (Å²) in [6.07, 6.45) is 3.24. The second-order valence-electron chi connectivity index (χ2n) is 3.66. The summed E-state index contributed by atoms with van der Waals surface area (Å²) in [5.74, 6) is 1.34. The van der Waals surface area contributed by atoms with E-state index in [0.29, 0.717) is 35.4 Å². The molecular formula is C11H10ClN3O2. The molecule has 1 aromatic heterocycles. The fourth-order valence-electron chi connectivity index (χ4n) is 1.72. The number of hydrogen-bond acceptors (Lipinski definition) is 4. The van der Waals surface area contributed by atoms with E-state index < -0.39 is 0 Å². The van der Waals surface area contributed by atoms with Gasteiger partial charge in [-0.2, -0.15) is 5.10 Å². The summed E-state index contributed by atoms with van der Waals surface area (Å²) in [6, 6.07) is 3.53. The molecule has 0 spiro atoms. The third-order valence-electron chi connectivity index (χ3n) is 2.49. The number of fused-ring (bicyclic) bond motifs is 1. The van der Waals surface area contributed by atoms with Crippen LogP contribution in [0.1, 0.15) is 0 Å². The Morgan fingerprint density at radius 1 is 1.24 bits per heavy atom. The lowest BCUT2D eigenvalue weighted by Gasteiger charge is -2.20. The van der Waals surface area contributed by atoms with Gasteiger partial charge in [-0.1, -0.05) is 11.6 Å². The topological polar surface area (TPSA) is 62.3 Å². The second kappa shape index (κ2) is 3.85. The fourth-order valence-corrected chi connectivity index (χ4v) is 1.86. The van der Waals surface area contributed by atoms with E-state index in [4.69, 9.17) is 26.8 Å². The molecule has 1 aliphatic rings. The Morgan fingerprint density at radius 3 is 2.59 bits per heavy atom. The average Bonchev–Trinajstić information content (AvgIpc) is 2.75. The summed E-state index contributed by atoms with van der Waals surface area (Å²) in [5.41, 5.74) is 7.23. The molecule has 0 bridgehead atoms. The first-order chi connectivity index (χ1) is 8.24. The van der Waals surface area contributed by atoms with E-state index in [1.165, 1.54) is 0 Å². The van der Waals surface area contributed by atoms with Crippen LogP contribution < -0.4 is 15.2 Å². The van der Waals surface area contributed by atoms with Crippen LogP contribution in [0.2, 0.25) is 5.02 Å². The highest BCUT2D eigenvalue weighted by Crippen LogP contribution is 2.35. The van der Waals surface area contributed by atoms with E-state index in [1.807, 2.05) is 0 Å². The number of hydrogen-bond donors (Lipinski definition) is 1. The highest BCUT2D eigenvalue weighted by Gasteiger charge is 2.15. The molecule has 2 aromatic rings. The minimum atomic E-state index is 0.538. The second-order valence-corrected chi connectivity index (χ2v) is 4.09. The summed E-state index contributed by atoms with van der Waals surface area (Å²) >= 11 is 5.83. The number of aromatic nitrogens is 2. The predicted octanol–water partition coefficient (Wildman–Crippen LogP) is 1.88. The van der Waals surface area contributed by atoms with Crippen molar-refractivity contribution in [3.05, 3.63) is 29.5 Å². The molecule has 0 amide bonds. The van der Waals surface area contributed by atoms with Crippen molar-refractivity contribution in [1.82, 2.24) is 9.78 Å². The van der Waals surface area contributed by atoms with Gasteiger partial charge in [0.25, 0.3) is 0 Å². The third kappa shape index (κ3) is 1.78. The van der Waals surface area contributed by atoms with Crippen LogP contribution in [-0.2, 0) is 0 Å². The van der Waals surface area contributed by atoms with Crippen LogP contribution in [0.25, 0.3) is 5.69 Å². The van der Waals surface area contributed by atoms with Crippen molar-refractivity contribution in [1.29, 1.82) is 0 Å². The molecule has 1 aromatic carbocycles. The Balaban J connectivity index is 2.11. The van der Waals surface area contributed by atoms with Crippen molar-refractivity contribution >= 4 is 17.3 Å². The van der Waals surface area contributed by atoms with Crippen molar-refractivity contribution in [2.24, 2.45) is 0 Å². The zero-order valence-corrected chi connectivity index (χ0v) is 9.65. The molecule has 1 aliphatic heterocycles. The first-order valence-electron chi connectivity index (χ1n) is 5.14. The SMILES string of the molecule is Nc1cc2c(cc1-n1cc(Cl)cn1)OCCO2. The van der Waals surface area contributed by atoms with Gasteiger partial charge in [-0.05, 0) is 0 Å². The summed E-state index contributed by atoms with van der Waals surface area (Å²) in [4.78, 5) is 0. The van der Waals surface area contributed by atoms with Crippen LogP contribution in [0, 0.1) is 0 Å². The zero-order valence-electron chi connectivity index (χ0n) is 8.89. The normalized spacial score (nSPS) is 13.7. The van der Waals surface area contributed by atoms with Crippen molar-refractivity contribution in [3.63, 3.8) is 0 Å². The predicted molar refractivity (Wildman–Crippen MR) is 64.0 cm³/mol. The van der Waals surface area contributed by atoms with E-state index in [1.54, 1.807) is 29.2 Å². The van der Waals surface area contributed by atoms with Crippen LogP contribution in [0.4, 0.5) is 5.69 Å². The van der Waals surface area contributed by atoms with Crippen LogP contribution in [-0.4, -0.2) is 23.0 Å². The van der Waals surface area contributed by atoms with Crippen LogP contribution in [0.15, 0.2) is 24.5 Å². The Bertz CT molecular complexity index is 568. The summed E-state index contributed by atoms with van der Waals surface area (Å²) in [6.45, 7) is 1.08. The lowest BCUT2D eigenvalue weighted by Crippen LogP contribution is -2.16. The molecule has 5 nitrogen and oxygen atoms in total. The third-order valence-corrected chi connectivity index (χ3v) is 2.68. The number of benzene rings is 1. The van der Waals surface area contributed by atoms with Gasteiger partial charge in [0.05, 0.1) is 22.6 Å². The maximum atomic E-state index is 5.95. The number of nitrogens with zero attached hydrogens (tertiary/aromatic N) is 2. The maximum absolute atomic E-state index is 5.95. The average molecular weight is 252 g/mol. The van der Waals surface area contributed by atoms with Gasteiger partial charge in [0, 0.05) is 18.3 Å². The molecule has 88 valence electrons. The first kappa shape index (κ1) is 10.3. The number of anilines is 1. The molecule has 17 heavy (non-hydrogen) atoms. The molecule has 0 saturated heterocycles. The smallest absolute Gasteiger partial charge is 0.163 e. The van der Waals surface area contributed by atoms with Gasteiger partial charge >= 0.3 is 0 Å². The van der Waals surface area contributed by atoms with Crippen molar-refractivity contribution in [3.8, 4) is 17.2 Å². The molecule has 2 heterocycles. The van der Waals surface area contributed by atoms with E-state index >= 15 is 0 Å². The Morgan fingerprint density at radius 2 is 1.94 bits per heavy atom. The zero-order chi connectivity index (χ0) is 11.8. The van der Waals surface area contributed by atoms with Gasteiger partial charge in [0.2, 0.25) is 0 Å². The van der Waals surface area contributed by atoms with Crippen LogP contribution in [0.5, 0.6) is 11.5 Å². The minimum Gasteiger partial charge on any atom is -0.486 e. The molecule has 0 radical (unpaired) electrons. The fraction of sp³-hybridized carbons (Fsp3) is 0.182. The van der Waals surface area contributed by atoms with Gasteiger partial charge in [-0.25, -0.2) is 4.68 Å². The molecule has 0 aliphatic carbocycles. The number of halogens is 1. The van der Waals surface area contributed by atoms with Gasteiger partial charge in [0.1, 0.15) is 13.2 Å². The Kier molecular flexibility index (Phi) is 2.33. The number of ether oxygens (including phenoxy) is 2. The van der Waals surface area contributed by atoms with Crippen molar-refractivity contribution in [2.45, 2.75) is 0 Å². The molecule has 0 atom stereocenters. The maximum Gasteiger partial charge on any atom is 0.163 e. The number of rotatable bonds is 1. The molecular weight excluding hydrogens is 242 g/mol. The lowest BCUT2D eigenvalue weighted by molar-refractivity contribution is 0.171. The van der Waals surface area contributed by atoms with E-state index in [2.05, 4.69) is 5.10 Å². The quantitative estimate of drug-likeness (QED) is 0.786. The molecule has 0 fully saturated rings. The van der Waals surface area contributed by atoms with Crippen molar-refractivity contribution < 1.29 is 9.47 Å². The summed E-state index contributed by atoms with van der Waals surface area (Å²) < 4.78 is 12.5. The molecule has 6 heteroatoms. The lowest BCUT2D eigenvalue weighted by atomic mass is 10.2. The van der Waals surface area contributed by atoms with Crippen LogP contribution in [0.3, 0.4) is 0 Å². The van der Waals surface area contributed by atoms with E-state index in [0.717, 1.165) is 5.69 Å². The highest BCUT2D eigenvalue weighted by atomic mass is 35.5. The summed E-state index contributed by atoms with van der Waals surface area (Å²) in [7, 11) is 0. The first-order valence-corrected chi connectivity index (χ1v) is 5.51. The van der Waals surface area contributed by atoms with Gasteiger partial charge in [0.15, 0.2) is 11.5 Å². The molecule has 2 N–H and O–H groups in total. The van der Waals surface area contributed by atoms with E-state index in [-0.39, 0.29) is 0 Å². The largest absolute Gasteiger partial charge is 0.486 e. The van der Waals surface area contributed by atoms with E-state index in [9.17, 15) is 0 Å². The molecule has 0 unspecified atom stereocenters. The highest BCUT2D eigenvalue weighted by molar-refractivity contribution is 6.30. The van der Waals surface area contributed by atoms with Gasteiger partial charge < -0.3 is 15.2 Å². The standard InChI is InChI=1S/C11H10ClN3O2/c12-7-5-14-15(6-7)9-4-11-10(3-8(9)13)16-1-2-17-11/h3-6H,1-2,13H2. The van der Waals surface area contributed by atoms with Gasteiger partial charge in [-0.3, -0.25) is 0 Å². The monoisotopic (exact) mass is 251 g/mol. The summed E-state index contributed by atoms with van der Waals surface area (Å²) in [5, 5.41) is 4.66. The minimum absolute atomic E-state index is 0.538. The Labute approximate surface area is 103 Å². The van der Waals surface area contributed by atoms with Crippen LogP contribution >= 0.6 is 11.6 Å². The van der Waals surface area contributed by atoms with Gasteiger partial charge in [-0.15, -0.1) is 0 Å². The van der Waals surface area contributed by atoms with Crippen molar-refractivity contribution in [2.75, 3.05) is 18.9 Å². The molecule has 3 rings (SSSR count). The number of nitrogen functional groups attached to an aromatic ring is 1. The number of nitrogens with two attached hydrogens (primary N) is 1. The Hall–Kier alpha value is -1.88.